The Kier molecular flexibility index (Phi) is 6.25. The second kappa shape index (κ2) is 9.06. The smallest absolute Gasteiger partial charge is 0.351 e. The Morgan fingerprint density at radius 1 is 1.21 bits per heavy atom. The summed E-state index contributed by atoms with van der Waals surface area (Å²) in [5.74, 6) is 1.53. The molecule has 2 N–H and O–H groups in total. The third-order valence-corrected chi connectivity index (χ3v) is 9.04. The number of amides is 1. The first-order valence-electron chi connectivity index (χ1n) is 11.3. The number of hydrogen-bond acceptors (Lipinski definition) is 8. The number of carbonyl (C=O) groups excluding carboxylic acids is 1. The van der Waals surface area contributed by atoms with Gasteiger partial charge in [-0.05, 0) is 26.0 Å². The highest BCUT2D eigenvalue weighted by Crippen LogP contribution is 2.50. The number of para-hydroxylation sites is 1. The van der Waals surface area contributed by atoms with Crippen molar-refractivity contribution in [3.05, 3.63) is 46.6 Å². The second-order valence-corrected chi connectivity index (χ2v) is 12.2. The van der Waals surface area contributed by atoms with E-state index in [0.717, 1.165) is 30.3 Å². The summed E-state index contributed by atoms with van der Waals surface area (Å²) in [6.07, 6.45) is 0. The number of nitrogens with zero attached hydrogens (tertiary/aromatic N) is 5. The lowest BCUT2D eigenvalue weighted by atomic mass is 9.96. The van der Waals surface area contributed by atoms with Gasteiger partial charge < -0.3 is 10.0 Å². The van der Waals surface area contributed by atoms with Crippen LogP contribution in [0.2, 0.25) is 0 Å². The Bertz CT molecular complexity index is 1140. The predicted molar refractivity (Wildman–Crippen MR) is 131 cm³/mol. The summed E-state index contributed by atoms with van der Waals surface area (Å²) < 4.78 is 2.40. The van der Waals surface area contributed by atoms with Crippen LogP contribution in [-0.2, 0) is 22.8 Å². The Morgan fingerprint density at radius 3 is 2.59 bits per heavy atom. The molecule has 1 aromatic carbocycles. The van der Waals surface area contributed by atoms with Crippen LogP contribution in [0.25, 0.3) is 5.69 Å². The largest absolute Gasteiger partial charge is 0.480 e. The average molecular weight is 505 g/mol. The van der Waals surface area contributed by atoms with Crippen LogP contribution >= 0.6 is 23.5 Å². The molecule has 3 fully saturated rings. The summed E-state index contributed by atoms with van der Waals surface area (Å²) >= 11 is 3.40. The molecule has 0 aliphatic carbocycles. The number of thioether (sulfide) groups is 2. The van der Waals surface area contributed by atoms with Crippen LogP contribution in [0.3, 0.4) is 0 Å². The molecule has 1 amide bonds. The van der Waals surface area contributed by atoms with Crippen LogP contribution in [-0.4, -0.2) is 87.9 Å². The van der Waals surface area contributed by atoms with Crippen molar-refractivity contribution < 1.29 is 14.7 Å². The number of fused-ring (bicyclic) bond motifs is 1. The van der Waals surface area contributed by atoms with Crippen molar-refractivity contribution in [2.75, 3.05) is 24.6 Å². The van der Waals surface area contributed by atoms with Crippen molar-refractivity contribution in [2.45, 2.75) is 49.3 Å². The van der Waals surface area contributed by atoms with E-state index in [2.05, 4.69) is 15.3 Å². The zero-order valence-electron chi connectivity index (χ0n) is 19.1. The lowest BCUT2D eigenvalue weighted by molar-refractivity contribution is -0.160. The fraction of sp³-hybridized carbons (Fsp3) is 0.545. The average Bonchev–Trinajstić information content (AvgIpc) is 3.25. The third-order valence-electron chi connectivity index (χ3n) is 6.53. The monoisotopic (exact) mass is 504 g/mol. The Morgan fingerprint density at radius 2 is 1.91 bits per heavy atom. The molecule has 182 valence electrons. The van der Waals surface area contributed by atoms with Crippen molar-refractivity contribution in [2.24, 2.45) is 0 Å². The highest BCUT2D eigenvalue weighted by molar-refractivity contribution is 8.01. The van der Waals surface area contributed by atoms with Crippen LogP contribution in [0.15, 0.2) is 35.1 Å². The summed E-state index contributed by atoms with van der Waals surface area (Å²) in [5.41, 5.74) is 0.481. The summed E-state index contributed by atoms with van der Waals surface area (Å²) in [6.45, 7) is 6.23. The highest BCUT2D eigenvalue weighted by Gasteiger charge is 2.63. The minimum atomic E-state index is -0.995. The Hall–Kier alpha value is -2.28. The molecule has 10 nitrogen and oxygen atoms in total. The molecular formula is C22H28N6O4S2. The molecule has 2 aromatic rings. The topological polar surface area (TPSA) is 113 Å². The summed E-state index contributed by atoms with van der Waals surface area (Å²) in [6, 6.07) is 8.03. The normalized spacial score (nSPS) is 26.4. The molecule has 0 spiro atoms. The van der Waals surface area contributed by atoms with Gasteiger partial charge in [-0.3, -0.25) is 15.0 Å². The van der Waals surface area contributed by atoms with Gasteiger partial charge in [0, 0.05) is 29.3 Å². The molecular weight excluding hydrogens is 476 g/mol. The molecule has 3 atom stereocenters. The second-order valence-electron chi connectivity index (χ2n) is 9.20. The maximum atomic E-state index is 13.3. The number of carbonyl (C=O) groups is 2. The number of β-lactam (4-membered cyclic amide) rings is 1. The molecule has 34 heavy (non-hydrogen) atoms. The van der Waals surface area contributed by atoms with E-state index in [-0.39, 0.29) is 23.6 Å². The van der Waals surface area contributed by atoms with E-state index in [1.54, 1.807) is 4.57 Å². The SMILES string of the molecule is CC1(C)S[C@@H]2[C@H](NCn3nc(CN4CCSCC4)n(-c4ccccc4)c3=O)C(=O)N2[C@H]1C(=O)O. The molecule has 3 aliphatic rings. The van der Waals surface area contributed by atoms with Gasteiger partial charge in [-0.25, -0.2) is 14.2 Å². The van der Waals surface area contributed by atoms with Gasteiger partial charge in [0.15, 0.2) is 5.82 Å². The molecule has 12 heteroatoms. The van der Waals surface area contributed by atoms with Crippen LogP contribution in [0.5, 0.6) is 0 Å². The van der Waals surface area contributed by atoms with E-state index in [0.29, 0.717) is 12.4 Å². The minimum absolute atomic E-state index is 0.0704. The molecule has 1 aromatic heterocycles. The Labute approximate surface area is 205 Å². The van der Waals surface area contributed by atoms with Gasteiger partial charge in [0.2, 0.25) is 5.91 Å². The fourth-order valence-electron chi connectivity index (χ4n) is 4.84. The first-order chi connectivity index (χ1) is 16.3. The zero-order chi connectivity index (χ0) is 24.0. The molecule has 0 radical (unpaired) electrons. The van der Waals surface area contributed by atoms with Crippen LogP contribution in [0.4, 0.5) is 0 Å². The molecule has 3 saturated heterocycles. The standard InChI is InChI=1S/C22H28N6O4S2/c1-22(2)17(20(30)31)28-18(29)16(19(28)34-22)23-13-26-21(32)27(14-6-4-3-5-7-14)15(24-26)12-25-8-10-33-11-9-25/h3-7,16-17,19,23H,8-13H2,1-2H3,(H,30,31)/t16-,17+,19-/m1/s1. The van der Waals surface area contributed by atoms with E-state index in [4.69, 9.17) is 0 Å². The molecule has 0 bridgehead atoms. The van der Waals surface area contributed by atoms with Gasteiger partial charge in [-0.2, -0.15) is 21.5 Å². The fourth-order valence-corrected chi connectivity index (χ4v) is 7.47. The van der Waals surface area contributed by atoms with E-state index >= 15 is 0 Å². The molecule has 4 heterocycles. The number of carboxylic acid groups (broad SMARTS) is 1. The minimum Gasteiger partial charge on any atom is -0.480 e. The van der Waals surface area contributed by atoms with Crippen molar-refractivity contribution in [3.63, 3.8) is 0 Å². The van der Waals surface area contributed by atoms with Crippen LogP contribution in [0.1, 0.15) is 19.7 Å². The molecule has 5 rings (SSSR count). The lowest BCUT2D eigenvalue weighted by Crippen LogP contribution is -2.70. The highest BCUT2D eigenvalue weighted by atomic mass is 32.2. The van der Waals surface area contributed by atoms with Gasteiger partial charge in [0.1, 0.15) is 17.5 Å². The quantitative estimate of drug-likeness (QED) is 0.525. The van der Waals surface area contributed by atoms with Crippen molar-refractivity contribution in [1.82, 2.24) is 29.5 Å². The van der Waals surface area contributed by atoms with Gasteiger partial charge in [-0.15, -0.1) is 11.8 Å². The number of nitrogens with one attached hydrogen (secondary N) is 1. The van der Waals surface area contributed by atoms with E-state index in [9.17, 15) is 19.5 Å². The zero-order valence-corrected chi connectivity index (χ0v) is 20.7. The third kappa shape index (κ3) is 4.06. The molecule has 3 aliphatic heterocycles. The number of hydrogen-bond donors (Lipinski definition) is 2. The number of carboxylic acids is 1. The van der Waals surface area contributed by atoms with Gasteiger partial charge >= 0.3 is 11.7 Å². The van der Waals surface area contributed by atoms with Crippen molar-refractivity contribution >= 4 is 35.4 Å². The Balaban J connectivity index is 1.36. The van der Waals surface area contributed by atoms with E-state index < -0.39 is 22.8 Å². The first kappa shape index (κ1) is 23.5. The van der Waals surface area contributed by atoms with Crippen molar-refractivity contribution in [3.8, 4) is 5.69 Å². The molecule has 0 saturated carbocycles. The van der Waals surface area contributed by atoms with Gasteiger partial charge in [0.25, 0.3) is 0 Å². The van der Waals surface area contributed by atoms with E-state index in [1.165, 1.54) is 21.3 Å². The summed E-state index contributed by atoms with van der Waals surface area (Å²) in [7, 11) is 0. The van der Waals surface area contributed by atoms with Gasteiger partial charge in [-0.1, -0.05) is 18.2 Å². The number of rotatable bonds is 7. The predicted octanol–water partition coefficient (Wildman–Crippen LogP) is 0.645. The lowest BCUT2D eigenvalue weighted by Gasteiger charge is -2.43. The maximum Gasteiger partial charge on any atom is 0.351 e. The number of benzene rings is 1. The maximum absolute atomic E-state index is 13.3. The number of aliphatic carboxylic acids is 1. The summed E-state index contributed by atoms with van der Waals surface area (Å²) in [5, 5.41) is 17.1. The first-order valence-corrected chi connectivity index (χ1v) is 13.3. The van der Waals surface area contributed by atoms with Gasteiger partial charge in [0.05, 0.1) is 18.9 Å². The van der Waals surface area contributed by atoms with Crippen molar-refractivity contribution in [1.29, 1.82) is 0 Å². The van der Waals surface area contributed by atoms with E-state index in [1.807, 2.05) is 55.9 Å². The molecule has 0 unspecified atom stereocenters. The van der Waals surface area contributed by atoms with Crippen LogP contribution < -0.4 is 11.0 Å². The number of aromatic nitrogens is 3. The van der Waals surface area contributed by atoms with Crippen LogP contribution in [0, 0.1) is 0 Å². The summed E-state index contributed by atoms with van der Waals surface area (Å²) in [4.78, 5) is 41.6.